The van der Waals surface area contributed by atoms with Gasteiger partial charge in [-0.3, -0.25) is 4.79 Å². The van der Waals surface area contributed by atoms with Crippen LogP contribution in [0.15, 0.2) is 48.8 Å². The Kier molecular flexibility index (Phi) is 4.64. The van der Waals surface area contributed by atoms with Crippen molar-refractivity contribution in [3.63, 3.8) is 0 Å². The van der Waals surface area contributed by atoms with E-state index in [1.165, 1.54) is 18.2 Å². The van der Waals surface area contributed by atoms with Crippen LogP contribution in [0.1, 0.15) is 23.2 Å². The van der Waals surface area contributed by atoms with Crippen LogP contribution >= 0.6 is 11.6 Å². The van der Waals surface area contributed by atoms with E-state index in [2.05, 4.69) is 15.6 Å². The van der Waals surface area contributed by atoms with Gasteiger partial charge in [-0.25, -0.2) is 9.37 Å². The van der Waals surface area contributed by atoms with Crippen molar-refractivity contribution < 1.29 is 9.18 Å². The third kappa shape index (κ3) is 3.31. The zero-order valence-corrected chi connectivity index (χ0v) is 15.0. The van der Waals surface area contributed by atoms with Crippen LogP contribution < -0.4 is 0 Å². The Bertz CT molecular complexity index is 947. The highest BCUT2D eigenvalue weighted by atomic mass is 35.5. The molecule has 2 aromatic carbocycles. The van der Waals surface area contributed by atoms with Gasteiger partial charge in [-0.15, -0.1) is 0 Å². The average molecular weight is 372 g/mol. The van der Waals surface area contributed by atoms with E-state index in [0.29, 0.717) is 24.6 Å². The largest absolute Gasteiger partial charge is 0.339 e. The molecular weight excluding hydrogens is 353 g/mol. The summed E-state index contributed by atoms with van der Waals surface area (Å²) in [5.74, 6) is -0.0558. The fourth-order valence-electron chi connectivity index (χ4n) is 3.59. The molecule has 0 atom stereocenters. The van der Waals surface area contributed by atoms with Crippen LogP contribution in [0, 0.1) is 11.7 Å². The topological polar surface area (TPSA) is 38.1 Å². The molecule has 0 N–H and O–H groups in total. The summed E-state index contributed by atoms with van der Waals surface area (Å²) in [4.78, 5) is 18.9. The highest BCUT2D eigenvalue weighted by molar-refractivity contribution is 6.33. The number of benzene rings is 2. The van der Waals surface area contributed by atoms with E-state index in [9.17, 15) is 9.18 Å². The molecule has 0 bridgehead atoms. The molecule has 6 heteroatoms. The van der Waals surface area contributed by atoms with Gasteiger partial charge >= 0.3 is 0 Å². The Morgan fingerprint density at radius 1 is 1.19 bits per heavy atom. The Labute approximate surface area is 156 Å². The summed E-state index contributed by atoms with van der Waals surface area (Å²) in [5.41, 5.74) is 2.52. The van der Waals surface area contributed by atoms with Crippen molar-refractivity contribution >= 4 is 28.5 Å². The van der Waals surface area contributed by atoms with Crippen molar-refractivity contribution in [1.82, 2.24) is 14.5 Å². The molecule has 134 valence electrons. The highest BCUT2D eigenvalue weighted by Crippen LogP contribution is 2.25. The number of halogens is 2. The first-order valence-corrected chi connectivity index (χ1v) is 9.14. The lowest BCUT2D eigenvalue weighted by molar-refractivity contribution is 0.0683. The predicted octanol–water partition coefficient (Wildman–Crippen LogP) is 4.38. The van der Waals surface area contributed by atoms with Gasteiger partial charge in [-0.1, -0.05) is 23.7 Å². The second kappa shape index (κ2) is 7.08. The molecule has 1 amide bonds. The Hall–Kier alpha value is -2.40. The quantitative estimate of drug-likeness (QED) is 0.685. The van der Waals surface area contributed by atoms with Gasteiger partial charge < -0.3 is 9.47 Å². The number of piperidine rings is 1. The van der Waals surface area contributed by atoms with Crippen molar-refractivity contribution in [2.75, 3.05) is 13.1 Å². The van der Waals surface area contributed by atoms with Crippen molar-refractivity contribution in [2.45, 2.75) is 19.4 Å². The SMILES string of the molecule is O=C(c1ccc(F)cc1Cl)N1CCC(Cn2cnc3ccccc32)CC1. The molecular formula is C20H19ClFN3O. The molecule has 0 unspecified atom stereocenters. The number of nitrogens with zero attached hydrogens (tertiary/aromatic N) is 3. The maximum Gasteiger partial charge on any atom is 0.255 e. The number of hydrogen-bond donors (Lipinski definition) is 0. The Morgan fingerprint density at radius 3 is 2.73 bits per heavy atom. The lowest BCUT2D eigenvalue weighted by Crippen LogP contribution is -2.39. The maximum atomic E-state index is 13.2. The van der Waals surface area contributed by atoms with Crippen LogP contribution in [0.25, 0.3) is 11.0 Å². The van der Waals surface area contributed by atoms with Crippen LogP contribution in [-0.4, -0.2) is 33.4 Å². The number of carbonyl (C=O) groups excluding carboxylic acids is 1. The minimum absolute atomic E-state index is 0.124. The van der Waals surface area contributed by atoms with Gasteiger partial charge in [0.25, 0.3) is 5.91 Å². The molecule has 0 aliphatic carbocycles. The summed E-state index contributed by atoms with van der Waals surface area (Å²) in [6, 6.07) is 12.0. The summed E-state index contributed by atoms with van der Waals surface area (Å²) in [6.07, 6.45) is 3.74. The van der Waals surface area contributed by atoms with Crippen molar-refractivity contribution in [3.8, 4) is 0 Å². The van der Waals surface area contributed by atoms with Gasteiger partial charge in [0, 0.05) is 19.6 Å². The van der Waals surface area contributed by atoms with Gasteiger partial charge in [-0.05, 0) is 49.1 Å². The van der Waals surface area contributed by atoms with Gasteiger partial charge in [0.1, 0.15) is 5.82 Å². The van der Waals surface area contributed by atoms with Gasteiger partial charge in [0.05, 0.1) is 27.9 Å². The number of imidazole rings is 1. The maximum absolute atomic E-state index is 13.2. The molecule has 1 aliphatic rings. The fourth-order valence-corrected chi connectivity index (χ4v) is 3.83. The lowest BCUT2D eigenvalue weighted by Gasteiger charge is -2.32. The van der Waals surface area contributed by atoms with Crippen LogP contribution in [0.3, 0.4) is 0 Å². The number of carbonyl (C=O) groups is 1. The molecule has 0 spiro atoms. The van der Waals surface area contributed by atoms with Crippen molar-refractivity contribution in [3.05, 3.63) is 65.2 Å². The first-order valence-electron chi connectivity index (χ1n) is 8.76. The zero-order valence-electron chi connectivity index (χ0n) is 14.2. The minimum Gasteiger partial charge on any atom is -0.339 e. The Morgan fingerprint density at radius 2 is 1.96 bits per heavy atom. The third-order valence-corrected chi connectivity index (χ3v) is 5.36. The number of hydrogen-bond acceptors (Lipinski definition) is 2. The normalized spacial score (nSPS) is 15.5. The average Bonchev–Trinajstić information content (AvgIpc) is 3.05. The van der Waals surface area contributed by atoms with E-state index in [1.807, 2.05) is 29.4 Å². The van der Waals surface area contributed by atoms with Crippen LogP contribution in [0.4, 0.5) is 4.39 Å². The summed E-state index contributed by atoms with van der Waals surface area (Å²) in [6.45, 7) is 2.27. The molecule has 1 aromatic heterocycles. The smallest absolute Gasteiger partial charge is 0.255 e. The lowest BCUT2D eigenvalue weighted by atomic mass is 9.96. The number of aromatic nitrogens is 2. The second-order valence-corrected chi connectivity index (χ2v) is 7.15. The van der Waals surface area contributed by atoms with E-state index in [-0.39, 0.29) is 10.9 Å². The van der Waals surface area contributed by atoms with Gasteiger partial charge in [-0.2, -0.15) is 0 Å². The molecule has 1 aliphatic heterocycles. The molecule has 4 rings (SSSR count). The summed E-state index contributed by atoms with van der Waals surface area (Å²) >= 11 is 6.02. The molecule has 1 fully saturated rings. The van der Waals surface area contributed by atoms with Gasteiger partial charge in [0.15, 0.2) is 0 Å². The van der Waals surface area contributed by atoms with Gasteiger partial charge in [0.2, 0.25) is 0 Å². The fraction of sp³-hybridized carbons (Fsp3) is 0.300. The summed E-state index contributed by atoms with van der Waals surface area (Å²) in [5, 5.41) is 0.169. The van der Waals surface area contributed by atoms with Crippen LogP contribution in [-0.2, 0) is 6.54 Å². The molecule has 2 heterocycles. The molecule has 0 saturated carbocycles. The minimum atomic E-state index is -0.433. The number of likely N-dealkylation sites (tertiary alicyclic amines) is 1. The standard InChI is InChI=1S/C20H19ClFN3O/c21-17-11-15(22)5-6-16(17)20(26)24-9-7-14(8-10-24)12-25-13-23-18-3-1-2-4-19(18)25/h1-6,11,13-14H,7-10,12H2. The van der Waals surface area contributed by atoms with Crippen LogP contribution in [0.5, 0.6) is 0 Å². The summed E-state index contributed by atoms with van der Waals surface area (Å²) in [7, 11) is 0. The number of rotatable bonds is 3. The second-order valence-electron chi connectivity index (χ2n) is 6.75. The molecule has 0 radical (unpaired) electrons. The first-order chi connectivity index (χ1) is 12.6. The van der Waals surface area contributed by atoms with Crippen LogP contribution in [0.2, 0.25) is 5.02 Å². The van der Waals surface area contributed by atoms with E-state index >= 15 is 0 Å². The number of amides is 1. The van der Waals surface area contributed by atoms with E-state index in [1.54, 1.807) is 0 Å². The highest BCUT2D eigenvalue weighted by Gasteiger charge is 2.25. The number of fused-ring (bicyclic) bond motifs is 1. The van der Waals surface area contributed by atoms with Crippen molar-refractivity contribution in [1.29, 1.82) is 0 Å². The molecule has 1 saturated heterocycles. The van der Waals surface area contributed by atoms with E-state index < -0.39 is 5.82 Å². The monoisotopic (exact) mass is 371 g/mol. The third-order valence-electron chi connectivity index (χ3n) is 5.05. The molecule has 3 aromatic rings. The summed E-state index contributed by atoms with van der Waals surface area (Å²) < 4.78 is 15.4. The Balaban J connectivity index is 1.40. The predicted molar refractivity (Wildman–Crippen MR) is 99.8 cm³/mol. The number of para-hydroxylation sites is 2. The van der Waals surface area contributed by atoms with Crippen molar-refractivity contribution in [2.24, 2.45) is 5.92 Å². The van der Waals surface area contributed by atoms with E-state index in [4.69, 9.17) is 11.6 Å². The molecule has 26 heavy (non-hydrogen) atoms. The molecule has 4 nitrogen and oxygen atoms in total. The first kappa shape index (κ1) is 17.0. The van der Waals surface area contributed by atoms with E-state index in [0.717, 1.165) is 30.4 Å². The zero-order chi connectivity index (χ0) is 18.1.